The van der Waals surface area contributed by atoms with Crippen molar-refractivity contribution in [2.75, 3.05) is 40.0 Å². The summed E-state index contributed by atoms with van der Waals surface area (Å²) in [6.45, 7) is 4.32. The highest BCUT2D eigenvalue weighted by Gasteiger charge is 2.25. The molecule has 33 heavy (non-hydrogen) atoms. The van der Waals surface area contributed by atoms with Gasteiger partial charge in [0.1, 0.15) is 13.2 Å². The van der Waals surface area contributed by atoms with E-state index in [-0.39, 0.29) is 24.8 Å². The Bertz CT molecular complexity index is 1150. The molecule has 3 aromatic rings. The fraction of sp³-hybridized carbons (Fsp3) is 0.435. The Balaban J connectivity index is 1.84. The van der Waals surface area contributed by atoms with Crippen LogP contribution in [-0.4, -0.2) is 72.0 Å². The molecule has 0 bridgehead atoms. The number of carbonyl (C=O) groups excluding carboxylic acids is 1. The summed E-state index contributed by atoms with van der Waals surface area (Å²) in [7, 11) is 1.46. The van der Waals surface area contributed by atoms with Crippen molar-refractivity contribution < 1.29 is 27.8 Å². The summed E-state index contributed by atoms with van der Waals surface area (Å²) in [4.78, 5) is 19.3. The maximum Gasteiger partial charge on any atom is 0.255 e. The molecule has 4 rings (SSSR count). The normalized spacial score (nSPS) is 13.2. The lowest BCUT2D eigenvalue weighted by Gasteiger charge is -2.23. The van der Waals surface area contributed by atoms with E-state index in [2.05, 4.69) is 5.10 Å². The Labute approximate surface area is 190 Å². The minimum atomic E-state index is -2.67. The third kappa shape index (κ3) is 4.75. The Kier molecular flexibility index (Phi) is 6.73. The average molecular weight is 460 g/mol. The zero-order valence-corrected chi connectivity index (χ0v) is 18.8. The number of hydrogen-bond donors (Lipinski definition) is 0. The number of fused-ring (bicyclic) bond motifs is 2. The molecule has 0 spiro atoms. The summed E-state index contributed by atoms with van der Waals surface area (Å²) in [5.41, 5.74) is 1.98. The van der Waals surface area contributed by atoms with E-state index in [9.17, 15) is 13.6 Å². The molecule has 8 nitrogen and oxygen atoms in total. The Morgan fingerprint density at radius 1 is 1.21 bits per heavy atom. The van der Waals surface area contributed by atoms with Gasteiger partial charge in [0.2, 0.25) is 0 Å². The lowest BCUT2D eigenvalue weighted by atomic mass is 10.0. The highest BCUT2D eigenvalue weighted by atomic mass is 19.3. The minimum absolute atomic E-state index is 0.0147. The molecule has 0 fully saturated rings. The van der Waals surface area contributed by atoms with Gasteiger partial charge < -0.3 is 19.1 Å². The van der Waals surface area contributed by atoms with Crippen LogP contribution in [0.5, 0.6) is 11.5 Å². The van der Waals surface area contributed by atoms with Gasteiger partial charge in [-0.15, -0.1) is 0 Å². The maximum absolute atomic E-state index is 13.4. The SMILES string of the molecule is COCCN(CC(F)F)C(=O)c1cc(-c2ccc3c(c2)OCCO3)nc2c1cnn2C(C)C. The number of alkyl halides is 2. The van der Waals surface area contributed by atoms with E-state index in [0.29, 0.717) is 47.0 Å². The quantitative estimate of drug-likeness (QED) is 0.509. The number of amides is 1. The third-order valence-electron chi connectivity index (χ3n) is 5.34. The van der Waals surface area contributed by atoms with E-state index in [1.165, 1.54) is 7.11 Å². The number of ether oxygens (including phenoxy) is 3. The van der Waals surface area contributed by atoms with Crippen LogP contribution in [0.2, 0.25) is 0 Å². The van der Waals surface area contributed by atoms with Crippen LogP contribution in [0.1, 0.15) is 30.2 Å². The lowest BCUT2D eigenvalue weighted by Crippen LogP contribution is -2.37. The number of hydrogen-bond acceptors (Lipinski definition) is 6. The fourth-order valence-corrected chi connectivity index (χ4v) is 3.74. The van der Waals surface area contributed by atoms with Gasteiger partial charge in [0.15, 0.2) is 17.1 Å². The van der Waals surface area contributed by atoms with E-state index in [0.717, 1.165) is 4.90 Å². The van der Waals surface area contributed by atoms with Gasteiger partial charge in [-0.2, -0.15) is 5.10 Å². The number of carbonyl (C=O) groups is 1. The van der Waals surface area contributed by atoms with Crippen LogP contribution in [0.15, 0.2) is 30.5 Å². The summed E-state index contributed by atoms with van der Waals surface area (Å²) in [5, 5.41) is 4.90. The largest absolute Gasteiger partial charge is 0.486 e. The van der Waals surface area contributed by atoms with Gasteiger partial charge in [0.05, 0.1) is 36.0 Å². The van der Waals surface area contributed by atoms with Crippen molar-refractivity contribution in [3.8, 4) is 22.8 Å². The third-order valence-corrected chi connectivity index (χ3v) is 5.34. The molecule has 0 atom stereocenters. The van der Waals surface area contributed by atoms with Crippen LogP contribution >= 0.6 is 0 Å². The second kappa shape index (κ2) is 9.70. The number of rotatable bonds is 8. The van der Waals surface area contributed by atoms with E-state index >= 15 is 0 Å². The number of pyridine rings is 1. The number of aromatic nitrogens is 3. The molecular formula is C23H26F2N4O4. The molecule has 0 radical (unpaired) electrons. The zero-order chi connectivity index (χ0) is 23.5. The van der Waals surface area contributed by atoms with Gasteiger partial charge in [-0.05, 0) is 38.1 Å². The Morgan fingerprint density at radius 2 is 1.97 bits per heavy atom. The number of halogens is 2. The first-order valence-corrected chi connectivity index (χ1v) is 10.7. The Morgan fingerprint density at radius 3 is 2.67 bits per heavy atom. The predicted octanol–water partition coefficient (Wildman–Crippen LogP) is 3.80. The van der Waals surface area contributed by atoms with Crippen molar-refractivity contribution in [2.24, 2.45) is 0 Å². The molecule has 2 aromatic heterocycles. The van der Waals surface area contributed by atoms with E-state index in [1.807, 2.05) is 19.9 Å². The van der Waals surface area contributed by atoms with Crippen LogP contribution < -0.4 is 9.47 Å². The van der Waals surface area contributed by atoms with Gasteiger partial charge in [-0.25, -0.2) is 18.4 Å². The summed E-state index contributed by atoms with van der Waals surface area (Å²) < 4.78 is 44.4. The second-order valence-corrected chi connectivity index (χ2v) is 7.97. The standard InChI is InChI=1S/C23H26F2N4O4/c1-14(2)29-22-17(12-26-29)16(23(30)28(6-7-31-3)13-21(24)25)11-18(27-22)15-4-5-19-20(10-15)33-9-8-32-19/h4-5,10-12,14,21H,6-9,13H2,1-3H3. The van der Waals surface area contributed by atoms with Gasteiger partial charge in [-0.1, -0.05) is 0 Å². The van der Waals surface area contributed by atoms with E-state index < -0.39 is 18.9 Å². The Hall–Kier alpha value is -3.27. The molecule has 3 heterocycles. The molecule has 0 aliphatic carbocycles. The molecule has 0 unspecified atom stereocenters. The monoisotopic (exact) mass is 460 g/mol. The minimum Gasteiger partial charge on any atom is -0.486 e. The molecule has 1 aliphatic heterocycles. The van der Waals surface area contributed by atoms with E-state index in [4.69, 9.17) is 19.2 Å². The van der Waals surface area contributed by atoms with Crippen molar-refractivity contribution in [3.05, 3.63) is 36.0 Å². The molecule has 176 valence electrons. The highest BCUT2D eigenvalue weighted by molar-refractivity contribution is 6.06. The molecule has 0 saturated carbocycles. The first-order valence-electron chi connectivity index (χ1n) is 10.7. The fourth-order valence-electron chi connectivity index (χ4n) is 3.74. The lowest BCUT2D eigenvalue weighted by molar-refractivity contribution is 0.0479. The maximum atomic E-state index is 13.4. The van der Waals surface area contributed by atoms with Crippen molar-refractivity contribution in [3.63, 3.8) is 0 Å². The topological polar surface area (TPSA) is 78.7 Å². The first-order chi connectivity index (χ1) is 15.9. The van der Waals surface area contributed by atoms with Crippen LogP contribution in [0.4, 0.5) is 8.78 Å². The summed E-state index contributed by atoms with van der Waals surface area (Å²) in [5.74, 6) is 0.699. The average Bonchev–Trinajstić information content (AvgIpc) is 3.24. The second-order valence-electron chi connectivity index (χ2n) is 7.97. The molecular weight excluding hydrogens is 434 g/mol. The summed E-state index contributed by atoms with van der Waals surface area (Å²) in [6.07, 6.45) is -1.11. The van der Waals surface area contributed by atoms with E-state index in [1.54, 1.807) is 29.1 Å². The first kappa shape index (κ1) is 22.9. The zero-order valence-electron chi connectivity index (χ0n) is 18.8. The number of nitrogens with zero attached hydrogens (tertiary/aromatic N) is 4. The summed E-state index contributed by atoms with van der Waals surface area (Å²) >= 11 is 0. The number of methoxy groups -OCH3 is 1. The van der Waals surface area contributed by atoms with Crippen LogP contribution in [-0.2, 0) is 4.74 Å². The molecule has 1 amide bonds. The molecule has 1 aromatic carbocycles. The van der Waals surface area contributed by atoms with Crippen molar-refractivity contribution in [1.29, 1.82) is 0 Å². The summed E-state index contributed by atoms with van der Waals surface area (Å²) in [6, 6.07) is 7.02. The van der Waals surface area contributed by atoms with Crippen molar-refractivity contribution in [2.45, 2.75) is 26.3 Å². The van der Waals surface area contributed by atoms with Crippen LogP contribution in [0.25, 0.3) is 22.3 Å². The highest BCUT2D eigenvalue weighted by Crippen LogP contribution is 2.35. The van der Waals surface area contributed by atoms with Crippen LogP contribution in [0.3, 0.4) is 0 Å². The van der Waals surface area contributed by atoms with Gasteiger partial charge in [0, 0.05) is 25.3 Å². The van der Waals surface area contributed by atoms with Gasteiger partial charge in [0.25, 0.3) is 12.3 Å². The molecule has 0 N–H and O–H groups in total. The predicted molar refractivity (Wildman–Crippen MR) is 118 cm³/mol. The smallest absolute Gasteiger partial charge is 0.255 e. The van der Waals surface area contributed by atoms with Crippen LogP contribution in [0, 0.1) is 0 Å². The molecule has 0 saturated heterocycles. The molecule has 1 aliphatic rings. The van der Waals surface area contributed by atoms with Gasteiger partial charge >= 0.3 is 0 Å². The number of benzene rings is 1. The van der Waals surface area contributed by atoms with Crippen molar-refractivity contribution >= 4 is 16.9 Å². The molecule has 10 heteroatoms. The van der Waals surface area contributed by atoms with Crippen molar-refractivity contribution in [1.82, 2.24) is 19.7 Å². The van der Waals surface area contributed by atoms with Gasteiger partial charge in [-0.3, -0.25) is 4.79 Å².